The molecule has 0 aliphatic carbocycles. The second-order valence-corrected chi connectivity index (χ2v) is 7.37. The van der Waals surface area contributed by atoms with Gasteiger partial charge in [-0.15, -0.1) is 0 Å². The van der Waals surface area contributed by atoms with E-state index in [1.165, 1.54) is 0 Å². The number of rotatable bonds is 4. The minimum absolute atomic E-state index is 0.0320. The highest BCUT2D eigenvalue weighted by Gasteiger charge is 2.43. The molecule has 1 fully saturated rings. The number of carbonyl (C=O) groups is 2. The van der Waals surface area contributed by atoms with Gasteiger partial charge in [-0.2, -0.15) is 0 Å². The van der Waals surface area contributed by atoms with E-state index < -0.39 is 11.4 Å². The molecule has 3 rings (SSSR count). The van der Waals surface area contributed by atoms with Gasteiger partial charge in [-0.1, -0.05) is 59.6 Å². The summed E-state index contributed by atoms with van der Waals surface area (Å²) in [7, 11) is 0. The fourth-order valence-corrected chi connectivity index (χ4v) is 3.78. The monoisotopic (exact) mass is 391 g/mol. The number of carboxylic acid groups (broad SMARTS) is 1. The SMILES string of the molecule is O=C(Cc1ccc(Cl)c(Cl)c1)N1CCC(C(=O)O)(c2ccccc2)CC1. The van der Waals surface area contributed by atoms with Crippen LogP contribution in [0.3, 0.4) is 0 Å². The van der Waals surface area contributed by atoms with Crippen LogP contribution in [0.2, 0.25) is 10.0 Å². The molecule has 0 saturated carbocycles. The first-order valence-electron chi connectivity index (χ1n) is 8.43. The van der Waals surface area contributed by atoms with Crippen LogP contribution in [0.4, 0.5) is 0 Å². The summed E-state index contributed by atoms with van der Waals surface area (Å²) in [5.41, 5.74) is 0.661. The molecule has 0 unspecified atom stereocenters. The molecule has 1 saturated heterocycles. The van der Waals surface area contributed by atoms with Crippen LogP contribution in [0.15, 0.2) is 48.5 Å². The Balaban J connectivity index is 1.69. The third-order valence-electron chi connectivity index (χ3n) is 5.04. The van der Waals surface area contributed by atoms with Gasteiger partial charge in [0.05, 0.1) is 21.9 Å². The molecule has 1 aliphatic heterocycles. The Hall–Kier alpha value is -2.04. The standard InChI is InChI=1S/C20H19Cl2NO3/c21-16-7-6-14(12-17(16)22)13-18(24)23-10-8-20(9-11-23,19(25)26)15-4-2-1-3-5-15/h1-7,12H,8-11,13H2,(H,25,26). The maximum Gasteiger partial charge on any atom is 0.314 e. The zero-order valence-electron chi connectivity index (χ0n) is 14.1. The van der Waals surface area contributed by atoms with E-state index in [2.05, 4.69) is 0 Å². The highest BCUT2D eigenvalue weighted by Crippen LogP contribution is 2.36. The van der Waals surface area contributed by atoms with Crippen LogP contribution in [0.1, 0.15) is 24.0 Å². The van der Waals surface area contributed by atoms with Crippen molar-refractivity contribution in [2.24, 2.45) is 0 Å². The number of carbonyl (C=O) groups excluding carboxylic acids is 1. The molecule has 1 aliphatic rings. The molecule has 1 heterocycles. The number of hydrogen-bond donors (Lipinski definition) is 1. The van der Waals surface area contributed by atoms with Crippen LogP contribution in [-0.4, -0.2) is 35.0 Å². The molecular weight excluding hydrogens is 373 g/mol. The molecule has 0 bridgehead atoms. The highest BCUT2D eigenvalue weighted by molar-refractivity contribution is 6.42. The van der Waals surface area contributed by atoms with E-state index in [-0.39, 0.29) is 12.3 Å². The van der Waals surface area contributed by atoms with E-state index >= 15 is 0 Å². The Kier molecular flexibility index (Phi) is 5.54. The van der Waals surface area contributed by atoms with E-state index in [9.17, 15) is 14.7 Å². The molecule has 0 spiro atoms. The third-order valence-corrected chi connectivity index (χ3v) is 5.78. The Morgan fingerprint density at radius 1 is 1.00 bits per heavy atom. The van der Waals surface area contributed by atoms with Crippen LogP contribution in [-0.2, 0) is 21.4 Å². The van der Waals surface area contributed by atoms with E-state index in [0.717, 1.165) is 11.1 Å². The van der Waals surface area contributed by atoms with Crippen molar-refractivity contribution in [1.29, 1.82) is 0 Å². The first kappa shape index (κ1) is 18.7. The van der Waals surface area contributed by atoms with Crippen molar-refractivity contribution < 1.29 is 14.7 Å². The largest absolute Gasteiger partial charge is 0.481 e. The van der Waals surface area contributed by atoms with E-state index in [0.29, 0.717) is 36.0 Å². The van der Waals surface area contributed by atoms with Gasteiger partial charge in [0.2, 0.25) is 5.91 Å². The zero-order valence-corrected chi connectivity index (χ0v) is 15.6. The number of nitrogens with zero attached hydrogens (tertiary/aromatic N) is 1. The lowest BCUT2D eigenvalue weighted by Gasteiger charge is -2.39. The lowest BCUT2D eigenvalue weighted by Crippen LogP contribution is -2.49. The summed E-state index contributed by atoms with van der Waals surface area (Å²) in [4.78, 5) is 26.3. The molecule has 1 N–H and O–H groups in total. The summed E-state index contributed by atoms with van der Waals surface area (Å²) in [6.45, 7) is 0.836. The lowest BCUT2D eigenvalue weighted by molar-refractivity contribution is -0.148. The predicted octanol–water partition coefficient (Wildman–Crippen LogP) is 4.18. The summed E-state index contributed by atoms with van der Waals surface area (Å²) in [6.07, 6.45) is 1.03. The van der Waals surface area contributed by atoms with Gasteiger partial charge in [0, 0.05) is 13.1 Å². The van der Waals surface area contributed by atoms with Crippen LogP contribution in [0, 0.1) is 0 Å². The number of piperidine rings is 1. The summed E-state index contributed by atoms with van der Waals surface area (Å²) in [5.74, 6) is -0.865. The Labute approximate surface area is 162 Å². The maximum atomic E-state index is 12.6. The van der Waals surface area contributed by atoms with Crippen LogP contribution in [0.25, 0.3) is 0 Å². The fourth-order valence-electron chi connectivity index (χ4n) is 3.46. The van der Waals surface area contributed by atoms with Crippen LogP contribution >= 0.6 is 23.2 Å². The first-order valence-corrected chi connectivity index (χ1v) is 9.18. The second-order valence-electron chi connectivity index (χ2n) is 6.56. The van der Waals surface area contributed by atoms with Crippen molar-refractivity contribution in [3.8, 4) is 0 Å². The number of carboxylic acids is 1. The van der Waals surface area contributed by atoms with Gasteiger partial charge in [0.15, 0.2) is 0 Å². The third kappa shape index (κ3) is 3.71. The highest BCUT2D eigenvalue weighted by atomic mass is 35.5. The maximum absolute atomic E-state index is 12.6. The molecule has 0 aromatic heterocycles. The number of likely N-dealkylation sites (tertiary alicyclic amines) is 1. The molecule has 136 valence electrons. The molecule has 26 heavy (non-hydrogen) atoms. The molecular formula is C20H19Cl2NO3. The van der Waals surface area contributed by atoms with Gasteiger partial charge in [-0.3, -0.25) is 9.59 Å². The normalized spacial score (nSPS) is 16.3. The van der Waals surface area contributed by atoms with Crippen molar-refractivity contribution in [1.82, 2.24) is 4.90 Å². The Bertz CT molecular complexity index is 815. The van der Waals surface area contributed by atoms with Crippen molar-refractivity contribution in [2.45, 2.75) is 24.7 Å². The summed E-state index contributed by atoms with van der Waals surface area (Å²) in [5, 5.41) is 10.7. The lowest BCUT2D eigenvalue weighted by atomic mass is 9.73. The van der Waals surface area contributed by atoms with E-state index in [1.54, 1.807) is 23.1 Å². The van der Waals surface area contributed by atoms with E-state index in [4.69, 9.17) is 23.2 Å². The van der Waals surface area contributed by atoms with Gasteiger partial charge < -0.3 is 10.0 Å². The molecule has 6 heteroatoms. The number of halogens is 2. The van der Waals surface area contributed by atoms with Crippen molar-refractivity contribution in [3.63, 3.8) is 0 Å². The fraction of sp³-hybridized carbons (Fsp3) is 0.300. The summed E-state index contributed by atoms with van der Waals surface area (Å²) < 4.78 is 0. The second kappa shape index (κ2) is 7.68. The molecule has 2 aromatic rings. The molecule has 2 aromatic carbocycles. The van der Waals surface area contributed by atoms with Crippen LogP contribution < -0.4 is 0 Å². The van der Waals surface area contributed by atoms with Gasteiger partial charge >= 0.3 is 5.97 Å². The quantitative estimate of drug-likeness (QED) is 0.849. The number of amides is 1. The average molecular weight is 392 g/mol. The number of benzene rings is 2. The smallest absolute Gasteiger partial charge is 0.314 e. The number of hydrogen-bond acceptors (Lipinski definition) is 2. The van der Waals surface area contributed by atoms with Gasteiger partial charge in [-0.05, 0) is 36.1 Å². The zero-order chi connectivity index (χ0) is 18.7. The summed E-state index contributed by atoms with van der Waals surface area (Å²) in [6, 6.07) is 14.4. The first-order chi connectivity index (χ1) is 12.4. The number of aliphatic carboxylic acids is 1. The van der Waals surface area contributed by atoms with Crippen molar-refractivity contribution >= 4 is 35.1 Å². The summed E-state index contributed by atoms with van der Waals surface area (Å²) >= 11 is 11.9. The Morgan fingerprint density at radius 2 is 1.65 bits per heavy atom. The molecule has 1 amide bonds. The van der Waals surface area contributed by atoms with Gasteiger partial charge in [-0.25, -0.2) is 0 Å². The van der Waals surface area contributed by atoms with Crippen molar-refractivity contribution in [2.75, 3.05) is 13.1 Å². The van der Waals surface area contributed by atoms with E-state index in [1.807, 2.05) is 30.3 Å². The average Bonchev–Trinajstić information content (AvgIpc) is 2.65. The van der Waals surface area contributed by atoms with Crippen molar-refractivity contribution in [3.05, 3.63) is 69.7 Å². The Morgan fingerprint density at radius 3 is 2.23 bits per heavy atom. The van der Waals surface area contributed by atoms with Gasteiger partial charge in [0.25, 0.3) is 0 Å². The minimum Gasteiger partial charge on any atom is -0.481 e. The molecule has 4 nitrogen and oxygen atoms in total. The van der Waals surface area contributed by atoms with Gasteiger partial charge in [0.1, 0.15) is 0 Å². The van der Waals surface area contributed by atoms with Crippen LogP contribution in [0.5, 0.6) is 0 Å². The molecule has 0 radical (unpaired) electrons. The molecule has 0 atom stereocenters. The topological polar surface area (TPSA) is 57.6 Å². The minimum atomic E-state index is -0.929. The predicted molar refractivity (Wildman–Crippen MR) is 102 cm³/mol.